The Bertz CT molecular complexity index is 928. The summed E-state index contributed by atoms with van der Waals surface area (Å²) < 4.78 is 25.8. The average molecular weight is 607 g/mol. The number of aliphatic hydroxyl groups is 1. The fourth-order valence-electron chi connectivity index (χ4n) is 6.33. The number of hydrogen-bond acceptors (Lipinski definition) is 6. The van der Waals surface area contributed by atoms with Gasteiger partial charge < -0.3 is 28.8 Å². The normalized spacial score (nSPS) is 27.6. The molecule has 7 nitrogen and oxygen atoms in total. The van der Waals surface area contributed by atoms with Crippen LogP contribution in [-0.4, -0.2) is 62.3 Å². The van der Waals surface area contributed by atoms with Crippen LogP contribution in [0.25, 0.3) is 0 Å². The monoisotopic (exact) mass is 606 g/mol. The van der Waals surface area contributed by atoms with Gasteiger partial charge in [0.2, 0.25) is 0 Å². The molecule has 0 radical (unpaired) electrons. The molecule has 2 unspecified atom stereocenters. The first kappa shape index (κ1) is 35.0. The second kappa shape index (κ2) is 16.0. The molecule has 1 aliphatic carbocycles. The zero-order valence-corrected chi connectivity index (χ0v) is 28.1. The molecule has 1 saturated carbocycles. The highest BCUT2D eigenvalue weighted by atomic mass is 28.4. The summed E-state index contributed by atoms with van der Waals surface area (Å²) in [5, 5.41) is 20.5. The molecule has 1 saturated heterocycles. The molecule has 1 aromatic carbocycles. The number of aliphatic hydroxyl groups excluding tert-OH is 1. The number of unbranched alkanes of at least 4 members (excludes halogenated alkanes) is 3. The summed E-state index contributed by atoms with van der Waals surface area (Å²) in [6, 6.07) is 9.93. The number of carboxylic acids is 1. The second-order valence-corrected chi connectivity index (χ2v) is 19.1. The van der Waals surface area contributed by atoms with Crippen LogP contribution in [-0.2, 0) is 18.7 Å². The Balaban J connectivity index is 1.73. The van der Waals surface area contributed by atoms with Crippen molar-refractivity contribution in [2.24, 2.45) is 11.3 Å². The Morgan fingerprint density at radius 2 is 1.83 bits per heavy atom. The lowest BCUT2D eigenvalue weighted by molar-refractivity contribution is -0.198. The molecule has 0 bridgehead atoms. The molecule has 3 rings (SSSR count). The lowest BCUT2D eigenvalue weighted by Crippen LogP contribution is -2.46. The molecule has 240 valence electrons. The van der Waals surface area contributed by atoms with Gasteiger partial charge in [-0.05, 0) is 86.5 Å². The molecule has 1 aliphatic heterocycles. The van der Waals surface area contributed by atoms with Gasteiger partial charge in [-0.2, -0.15) is 0 Å². The predicted octanol–water partition coefficient (Wildman–Crippen LogP) is 7.96. The van der Waals surface area contributed by atoms with E-state index in [1.165, 1.54) is 0 Å². The number of benzene rings is 1. The number of carbonyl (C=O) groups is 1. The molecule has 1 aromatic rings. The standard InChI is InChI=1S/C34H58O7Si/c1-33(2,3)42(5,6)41-27(25-39-26-16-10-9-11-17-26)20-21-28-29(40-32-19-13-15-23-38-32)24-30(35)34(28,4)22-14-8-7-12-18-31(36)37/h9-11,16-17,27-30,32,35H,7-8,12-15,18-25H2,1-6H3,(H,36,37)/t27-,28-,29?,30-,32?,34+/m0/s1. The summed E-state index contributed by atoms with van der Waals surface area (Å²) in [6.45, 7) is 14.8. The minimum Gasteiger partial charge on any atom is -0.491 e. The number of rotatable bonds is 17. The van der Waals surface area contributed by atoms with E-state index in [-0.39, 0.29) is 41.3 Å². The van der Waals surface area contributed by atoms with Crippen molar-refractivity contribution in [1.82, 2.24) is 0 Å². The minimum absolute atomic E-state index is 0.0595. The molecule has 0 spiro atoms. The van der Waals surface area contributed by atoms with E-state index in [0.29, 0.717) is 19.4 Å². The Hall–Kier alpha value is -1.45. The average Bonchev–Trinajstić information content (AvgIpc) is 3.16. The maximum Gasteiger partial charge on any atom is 0.303 e. The summed E-state index contributed by atoms with van der Waals surface area (Å²) >= 11 is 0. The van der Waals surface area contributed by atoms with Gasteiger partial charge >= 0.3 is 5.97 Å². The molecule has 6 atom stereocenters. The number of ether oxygens (including phenoxy) is 3. The zero-order valence-electron chi connectivity index (χ0n) is 27.1. The Labute approximate surface area is 255 Å². The highest BCUT2D eigenvalue weighted by Crippen LogP contribution is 2.51. The Morgan fingerprint density at radius 3 is 2.48 bits per heavy atom. The first-order chi connectivity index (χ1) is 19.8. The van der Waals surface area contributed by atoms with Crippen molar-refractivity contribution in [3.8, 4) is 5.75 Å². The third-order valence-corrected chi connectivity index (χ3v) is 14.6. The SMILES string of the molecule is CC(C)(C)[Si](C)(C)O[C@@H](CC[C@H]1C(OC2CCCCO2)C[C@H](O)[C@]1(C)CCCCCCC(=O)O)COc1ccccc1. The third-order valence-electron chi connectivity index (χ3n) is 10.1. The molecular formula is C34H58O7Si. The van der Waals surface area contributed by atoms with Crippen molar-refractivity contribution >= 4 is 14.3 Å². The summed E-state index contributed by atoms with van der Waals surface area (Å²) in [5.41, 5.74) is -0.284. The molecule has 2 N–H and O–H groups in total. The third kappa shape index (κ3) is 10.3. The van der Waals surface area contributed by atoms with E-state index in [2.05, 4.69) is 40.8 Å². The molecule has 1 heterocycles. The zero-order chi connectivity index (χ0) is 30.8. The van der Waals surface area contributed by atoms with Gasteiger partial charge in [0.15, 0.2) is 14.6 Å². The first-order valence-electron chi connectivity index (χ1n) is 16.3. The van der Waals surface area contributed by atoms with Gasteiger partial charge in [0.1, 0.15) is 12.4 Å². The van der Waals surface area contributed by atoms with Gasteiger partial charge in [-0.15, -0.1) is 0 Å². The molecule has 2 fully saturated rings. The molecule has 2 aliphatic rings. The quantitative estimate of drug-likeness (QED) is 0.137. The summed E-state index contributed by atoms with van der Waals surface area (Å²) in [4.78, 5) is 10.9. The van der Waals surface area contributed by atoms with E-state index >= 15 is 0 Å². The molecule has 42 heavy (non-hydrogen) atoms. The summed E-state index contributed by atoms with van der Waals surface area (Å²) in [7, 11) is -2.05. The van der Waals surface area contributed by atoms with E-state index in [1.807, 2.05) is 30.3 Å². The van der Waals surface area contributed by atoms with Crippen LogP contribution in [0, 0.1) is 11.3 Å². The van der Waals surface area contributed by atoms with Crippen LogP contribution in [0.4, 0.5) is 0 Å². The molecular weight excluding hydrogens is 548 g/mol. The topological polar surface area (TPSA) is 94.5 Å². The van der Waals surface area contributed by atoms with E-state index in [0.717, 1.165) is 70.1 Å². The van der Waals surface area contributed by atoms with Crippen molar-refractivity contribution in [2.45, 2.75) is 147 Å². The van der Waals surface area contributed by atoms with Crippen LogP contribution in [0.2, 0.25) is 18.1 Å². The van der Waals surface area contributed by atoms with Crippen LogP contribution >= 0.6 is 0 Å². The van der Waals surface area contributed by atoms with Crippen LogP contribution < -0.4 is 4.74 Å². The fourth-order valence-corrected chi connectivity index (χ4v) is 7.71. The smallest absolute Gasteiger partial charge is 0.303 e. The molecule has 8 heteroatoms. The predicted molar refractivity (Wildman–Crippen MR) is 169 cm³/mol. The van der Waals surface area contributed by atoms with Crippen molar-refractivity contribution in [3.63, 3.8) is 0 Å². The highest BCUT2D eigenvalue weighted by molar-refractivity contribution is 6.74. The highest BCUT2D eigenvalue weighted by Gasteiger charge is 2.52. The van der Waals surface area contributed by atoms with Gasteiger partial charge in [-0.1, -0.05) is 65.2 Å². The fraction of sp³-hybridized carbons (Fsp3) is 0.794. The van der Waals surface area contributed by atoms with Crippen molar-refractivity contribution in [2.75, 3.05) is 13.2 Å². The van der Waals surface area contributed by atoms with E-state index < -0.39 is 20.4 Å². The van der Waals surface area contributed by atoms with Gasteiger partial charge in [0.05, 0.1) is 18.3 Å². The first-order valence-corrected chi connectivity index (χ1v) is 19.3. The maximum atomic E-state index is 11.5. The largest absolute Gasteiger partial charge is 0.491 e. The van der Waals surface area contributed by atoms with Crippen LogP contribution in [0.5, 0.6) is 5.75 Å². The van der Waals surface area contributed by atoms with Gasteiger partial charge in [0.25, 0.3) is 0 Å². The Kier molecular flexibility index (Phi) is 13.4. The van der Waals surface area contributed by atoms with E-state index in [9.17, 15) is 9.90 Å². The number of hydrogen-bond donors (Lipinski definition) is 2. The lowest BCUT2D eigenvalue weighted by Gasteiger charge is -2.41. The van der Waals surface area contributed by atoms with Gasteiger partial charge in [-0.25, -0.2) is 0 Å². The number of aliphatic carboxylic acids is 1. The molecule has 0 aromatic heterocycles. The molecule has 0 amide bonds. The number of para-hydroxylation sites is 1. The van der Waals surface area contributed by atoms with Gasteiger partial charge in [0, 0.05) is 19.4 Å². The second-order valence-electron chi connectivity index (χ2n) is 14.3. The summed E-state index contributed by atoms with van der Waals surface area (Å²) in [5.74, 6) is 0.282. The lowest BCUT2D eigenvalue weighted by atomic mass is 9.71. The Morgan fingerprint density at radius 1 is 1.12 bits per heavy atom. The summed E-state index contributed by atoms with van der Waals surface area (Å²) in [6.07, 6.45) is 9.31. The van der Waals surface area contributed by atoms with E-state index in [4.69, 9.17) is 23.7 Å². The van der Waals surface area contributed by atoms with Crippen LogP contribution in [0.1, 0.15) is 105 Å². The van der Waals surface area contributed by atoms with E-state index in [1.54, 1.807) is 0 Å². The van der Waals surface area contributed by atoms with Crippen LogP contribution in [0.15, 0.2) is 30.3 Å². The van der Waals surface area contributed by atoms with Crippen LogP contribution in [0.3, 0.4) is 0 Å². The minimum atomic E-state index is -2.05. The van der Waals surface area contributed by atoms with Crippen molar-refractivity contribution in [1.29, 1.82) is 0 Å². The van der Waals surface area contributed by atoms with Gasteiger partial charge in [-0.3, -0.25) is 4.79 Å². The maximum absolute atomic E-state index is 11.5. The number of carboxylic acid groups (broad SMARTS) is 1. The van der Waals surface area contributed by atoms with Crippen molar-refractivity contribution < 1.29 is 33.6 Å². The van der Waals surface area contributed by atoms with Crippen molar-refractivity contribution in [3.05, 3.63) is 30.3 Å².